The number of halogens is 1. The van der Waals surface area contributed by atoms with Crippen molar-refractivity contribution in [3.05, 3.63) is 0 Å². The SMILES string of the molecule is CN=C(NCCC(=O)NC(C)C)N1CCSC(C)(C)C1.I. The fourth-order valence-electron chi connectivity index (χ4n) is 2.21. The molecule has 0 radical (unpaired) electrons. The zero-order valence-corrected chi connectivity index (χ0v) is 16.9. The molecule has 0 atom stereocenters. The number of nitrogens with zero attached hydrogens (tertiary/aromatic N) is 2. The number of nitrogens with one attached hydrogen (secondary N) is 2. The minimum absolute atomic E-state index is 0. The van der Waals surface area contributed by atoms with Gasteiger partial charge in [-0.15, -0.1) is 24.0 Å². The molecule has 0 unspecified atom stereocenters. The predicted molar refractivity (Wildman–Crippen MR) is 103 cm³/mol. The van der Waals surface area contributed by atoms with Crippen LogP contribution in [0, 0.1) is 0 Å². The first-order valence-electron chi connectivity index (χ1n) is 7.23. The first-order valence-corrected chi connectivity index (χ1v) is 8.21. The van der Waals surface area contributed by atoms with E-state index in [1.807, 2.05) is 25.6 Å². The number of hydrogen-bond donors (Lipinski definition) is 2. The largest absolute Gasteiger partial charge is 0.356 e. The van der Waals surface area contributed by atoms with Crippen LogP contribution in [0.1, 0.15) is 34.1 Å². The molecule has 0 spiro atoms. The van der Waals surface area contributed by atoms with Crippen LogP contribution in [-0.4, -0.2) is 60.0 Å². The molecule has 1 amide bonds. The van der Waals surface area contributed by atoms with Gasteiger partial charge in [0.2, 0.25) is 5.91 Å². The fraction of sp³-hybridized carbons (Fsp3) is 0.857. The molecular weight excluding hydrogens is 399 g/mol. The molecule has 1 heterocycles. The maximum Gasteiger partial charge on any atom is 0.221 e. The molecule has 1 saturated heterocycles. The summed E-state index contributed by atoms with van der Waals surface area (Å²) < 4.78 is 0.255. The summed E-state index contributed by atoms with van der Waals surface area (Å²) in [6.07, 6.45) is 0.475. The Labute approximate surface area is 150 Å². The monoisotopic (exact) mass is 428 g/mol. The summed E-state index contributed by atoms with van der Waals surface area (Å²) in [7, 11) is 1.80. The summed E-state index contributed by atoms with van der Waals surface area (Å²) in [6.45, 7) is 11.1. The highest BCUT2D eigenvalue weighted by Crippen LogP contribution is 2.29. The molecule has 0 aliphatic carbocycles. The van der Waals surface area contributed by atoms with Crippen molar-refractivity contribution in [2.45, 2.75) is 44.9 Å². The van der Waals surface area contributed by atoms with E-state index in [4.69, 9.17) is 0 Å². The quantitative estimate of drug-likeness (QED) is 0.408. The summed E-state index contributed by atoms with van der Waals surface area (Å²) in [4.78, 5) is 18.2. The van der Waals surface area contributed by atoms with Crippen LogP contribution in [0.5, 0.6) is 0 Å². The number of aliphatic imine (C=N–C) groups is 1. The van der Waals surface area contributed by atoms with Crippen molar-refractivity contribution in [2.75, 3.05) is 32.4 Å². The van der Waals surface area contributed by atoms with E-state index in [2.05, 4.69) is 34.4 Å². The molecule has 0 aromatic rings. The topological polar surface area (TPSA) is 56.7 Å². The average Bonchev–Trinajstić information content (AvgIpc) is 2.32. The predicted octanol–water partition coefficient (Wildman–Crippen LogP) is 1.92. The van der Waals surface area contributed by atoms with Crippen LogP contribution in [0.2, 0.25) is 0 Å². The average molecular weight is 428 g/mol. The van der Waals surface area contributed by atoms with Gasteiger partial charge in [-0.1, -0.05) is 0 Å². The minimum Gasteiger partial charge on any atom is -0.356 e. The Morgan fingerprint density at radius 1 is 1.43 bits per heavy atom. The van der Waals surface area contributed by atoms with Gasteiger partial charge < -0.3 is 15.5 Å². The third kappa shape index (κ3) is 8.13. The number of amides is 1. The molecule has 0 aromatic heterocycles. The Morgan fingerprint density at radius 3 is 2.62 bits per heavy atom. The standard InChI is InChI=1S/C14H28N4OS.HI/c1-11(2)17-12(19)6-7-16-13(15-5)18-8-9-20-14(3,4)10-18;/h11H,6-10H2,1-5H3,(H,15,16)(H,17,19);1H. The zero-order valence-electron chi connectivity index (χ0n) is 13.7. The minimum atomic E-state index is 0. The second-order valence-corrected chi connectivity index (χ2v) is 7.78. The highest BCUT2D eigenvalue weighted by molar-refractivity contribution is 14.0. The van der Waals surface area contributed by atoms with E-state index in [0.717, 1.165) is 24.8 Å². The summed E-state index contributed by atoms with van der Waals surface area (Å²) >= 11 is 2.00. The van der Waals surface area contributed by atoms with Gasteiger partial charge in [0.15, 0.2) is 5.96 Å². The van der Waals surface area contributed by atoms with Crippen molar-refractivity contribution in [3.63, 3.8) is 0 Å². The first kappa shape index (κ1) is 20.8. The molecule has 1 rings (SSSR count). The van der Waals surface area contributed by atoms with Crippen LogP contribution >= 0.6 is 35.7 Å². The molecule has 124 valence electrons. The summed E-state index contributed by atoms with van der Waals surface area (Å²) in [5.41, 5.74) is 0. The van der Waals surface area contributed by atoms with E-state index in [-0.39, 0.29) is 40.7 Å². The lowest BCUT2D eigenvalue weighted by molar-refractivity contribution is -0.121. The molecule has 1 aliphatic heterocycles. The van der Waals surface area contributed by atoms with Crippen LogP contribution < -0.4 is 10.6 Å². The number of thioether (sulfide) groups is 1. The summed E-state index contributed by atoms with van der Waals surface area (Å²) in [5, 5.41) is 6.18. The van der Waals surface area contributed by atoms with Crippen molar-refractivity contribution < 1.29 is 4.79 Å². The van der Waals surface area contributed by atoms with Crippen LogP contribution in [-0.2, 0) is 4.79 Å². The second kappa shape index (κ2) is 9.76. The third-order valence-electron chi connectivity index (χ3n) is 3.02. The van der Waals surface area contributed by atoms with Gasteiger partial charge in [0.1, 0.15) is 0 Å². The Balaban J connectivity index is 0.00000400. The van der Waals surface area contributed by atoms with Crippen LogP contribution in [0.25, 0.3) is 0 Å². The highest BCUT2D eigenvalue weighted by atomic mass is 127. The van der Waals surface area contributed by atoms with E-state index in [0.29, 0.717) is 13.0 Å². The number of rotatable bonds is 4. The van der Waals surface area contributed by atoms with Crippen LogP contribution in [0.3, 0.4) is 0 Å². The van der Waals surface area contributed by atoms with Gasteiger partial charge in [0.25, 0.3) is 0 Å². The number of hydrogen-bond acceptors (Lipinski definition) is 3. The number of carbonyl (C=O) groups is 1. The van der Waals surface area contributed by atoms with Crippen LogP contribution in [0.15, 0.2) is 4.99 Å². The van der Waals surface area contributed by atoms with Crippen molar-refractivity contribution in [1.29, 1.82) is 0 Å². The van der Waals surface area contributed by atoms with Crippen molar-refractivity contribution in [2.24, 2.45) is 4.99 Å². The molecule has 0 bridgehead atoms. The van der Waals surface area contributed by atoms with Gasteiger partial charge >= 0.3 is 0 Å². The van der Waals surface area contributed by atoms with Gasteiger partial charge in [-0.05, 0) is 27.7 Å². The third-order valence-corrected chi connectivity index (χ3v) is 4.32. The second-order valence-electron chi connectivity index (χ2n) is 5.98. The van der Waals surface area contributed by atoms with Gasteiger partial charge in [-0.25, -0.2) is 0 Å². The lowest BCUT2D eigenvalue weighted by Crippen LogP contribution is -2.51. The Morgan fingerprint density at radius 2 is 2.10 bits per heavy atom. The first-order chi connectivity index (χ1) is 9.34. The van der Waals surface area contributed by atoms with Gasteiger partial charge in [0.05, 0.1) is 0 Å². The summed E-state index contributed by atoms with van der Waals surface area (Å²) in [6, 6.07) is 0.196. The molecule has 1 fully saturated rings. The van der Waals surface area contributed by atoms with E-state index < -0.39 is 0 Å². The Hall–Kier alpha value is -0.180. The van der Waals surface area contributed by atoms with Crippen molar-refractivity contribution in [1.82, 2.24) is 15.5 Å². The Bertz CT molecular complexity index is 361. The zero-order chi connectivity index (χ0) is 15.2. The molecule has 21 heavy (non-hydrogen) atoms. The maximum absolute atomic E-state index is 11.6. The van der Waals surface area contributed by atoms with E-state index in [9.17, 15) is 4.79 Å². The molecular formula is C14H29IN4OS. The molecule has 1 aliphatic rings. The number of carbonyl (C=O) groups excluding carboxylic acids is 1. The highest BCUT2D eigenvalue weighted by Gasteiger charge is 2.28. The molecule has 2 N–H and O–H groups in total. The Kier molecular flexibility index (Phi) is 9.68. The molecule has 7 heteroatoms. The van der Waals surface area contributed by atoms with Crippen molar-refractivity contribution >= 4 is 47.6 Å². The lowest BCUT2D eigenvalue weighted by Gasteiger charge is -2.39. The van der Waals surface area contributed by atoms with Crippen molar-refractivity contribution in [3.8, 4) is 0 Å². The maximum atomic E-state index is 11.6. The van der Waals surface area contributed by atoms with Crippen LogP contribution in [0.4, 0.5) is 0 Å². The van der Waals surface area contributed by atoms with Gasteiger partial charge in [-0.3, -0.25) is 9.79 Å². The van der Waals surface area contributed by atoms with E-state index in [1.54, 1.807) is 7.05 Å². The molecule has 0 aromatic carbocycles. The van der Waals surface area contributed by atoms with Gasteiger partial charge in [0, 0.05) is 49.6 Å². The van der Waals surface area contributed by atoms with Gasteiger partial charge in [-0.2, -0.15) is 11.8 Å². The number of guanidine groups is 1. The van der Waals surface area contributed by atoms with E-state index >= 15 is 0 Å². The fourth-order valence-corrected chi connectivity index (χ4v) is 3.32. The summed E-state index contributed by atoms with van der Waals surface area (Å²) in [5.74, 6) is 2.09. The molecule has 0 saturated carbocycles. The van der Waals surface area contributed by atoms with E-state index in [1.165, 1.54) is 0 Å². The smallest absolute Gasteiger partial charge is 0.221 e. The lowest BCUT2D eigenvalue weighted by atomic mass is 10.2. The molecule has 5 nitrogen and oxygen atoms in total. The normalized spacial score (nSPS) is 18.2.